The predicted molar refractivity (Wildman–Crippen MR) is 146 cm³/mol. The second-order valence-corrected chi connectivity index (χ2v) is 11.5. The average Bonchev–Trinajstić information content (AvgIpc) is 3.04. The minimum Gasteiger partial charge on any atom is -0.325 e. The van der Waals surface area contributed by atoms with Gasteiger partial charge in [-0.05, 0) is 43.2 Å². The molecule has 1 atom stereocenters. The highest BCUT2D eigenvalue weighted by Crippen LogP contribution is 2.32. The Hall–Kier alpha value is -3.89. The third-order valence-electron chi connectivity index (χ3n) is 7.25. The normalized spacial score (nSPS) is 19.0. The van der Waals surface area contributed by atoms with Crippen molar-refractivity contribution in [2.45, 2.75) is 48.7 Å². The van der Waals surface area contributed by atoms with Crippen molar-refractivity contribution >= 4 is 33.2 Å². The van der Waals surface area contributed by atoms with Crippen molar-refractivity contribution in [1.82, 2.24) is 10.0 Å². The van der Waals surface area contributed by atoms with Crippen LogP contribution in [0.2, 0.25) is 0 Å². The van der Waals surface area contributed by atoms with Crippen molar-refractivity contribution < 1.29 is 22.4 Å². The molecular formula is C29H29FN4O4S. The highest BCUT2D eigenvalue weighted by atomic mass is 32.2. The number of amides is 2. The molecule has 202 valence electrons. The Kier molecular flexibility index (Phi) is 7.33. The first-order chi connectivity index (χ1) is 18.7. The maximum absolute atomic E-state index is 13.9. The molecule has 2 aliphatic rings. The van der Waals surface area contributed by atoms with Crippen molar-refractivity contribution in [3.63, 3.8) is 0 Å². The van der Waals surface area contributed by atoms with Gasteiger partial charge in [0, 0.05) is 18.2 Å². The molecule has 39 heavy (non-hydrogen) atoms. The van der Waals surface area contributed by atoms with Gasteiger partial charge in [-0.25, -0.2) is 17.8 Å². The van der Waals surface area contributed by atoms with Crippen molar-refractivity contribution in [2.75, 3.05) is 11.9 Å². The van der Waals surface area contributed by atoms with Crippen LogP contribution >= 0.6 is 0 Å². The zero-order valence-electron chi connectivity index (χ0n) is 21.4. The molecule has 1 heterocycles. The summed E-state index contributed by atoms with van der Waals surface area (Å²) in [5, 5.41) is 2.76. The van der Waals surface area contributed by atoms with E-state index in [0.717, 1.165) is 41.8 Å². The quantitative estimate of drug-likeness (QED) is 0.489. The molecule has 0 bridgehead atoms. The monoisotopic (exact) mass is 548 g/mol. The number of hydrogen-bond acceptors (Lipinski definition) is 5. The van der Waals surface area contributed by atoms with Crippen LogP contribution in [0.3, 0.4) is 0 Å². The fraction of sp³-hybridized carbons (Fsp3) is 0.276. The van der Waals surface area contributed by atoms with Crippen LogP contribution in [0.4, 0.5) is 10.1 Å². The third-order valence-corrected chi connectivity index (χ3v) is 8.81. The van der Waals surface area contributed by atoms with Crippen LogP contribution in [0, 0.1) is 5.82 Å². The summed E-state index contributed by atoms with van der Waals surface area (Å²) in [6.07, 6.45) is 1.34. The van der Waals surface area contributed by atoms with E-state index < -0.39 is 39.4 Å². The van der Waals surface area contributed by atoms with E-state index in [1.165, 1.54) is 4.90 Å². The molecule has 1 unspecified atom stereocenters. The lowest BCUT2D eigenvalue weighted by Gasteiger charge is -2.37. The summed E-state index contributed by atoms with van der Waals surface area (Å²) in [5.74, 6) is -1.64. The number of halogens is 1. The summed E-state index contributed by atoms with van der Waals surface area (Å²) in [7, 11) is -2.54. The molecule has 2 N–H and O–H groups in total. The summed E-state index contributed by atoms with van der Waals surface area (Å²) < 4.78 is 42.5. The van der Waals surface area contributed by atoms with Crippen LogP contribution in [-0.2, 0) is 19.6 Å². The molecule has 1 aliphatic heterocycles. The molecule has 1 aliphatic carbocycles. The molecule has 1 saturated carbocycles. The van der Waals surface area contributed by atoms with Gasteiger partial charge in [0.2, 0.25) is 22.1 Å². The second kappa shape index (κ2) is 10.7. The van der Waals surface area contributed by atoms with Crippen LogP contribution in [0.5, 0.6) is 0 Å². The molecule has 0 radical (unpaired) electrons. The Labute approximate surface area is 227 Å². The van der Waals surface area contributed by atoms with Gasteiger partial charge in [0.15, 0.2) is 0 Å². The van der Waals surface area contributed by atoms with E-state index in [4.69, 9.17) is 4.99 Å². The molecular weight excluding hydrogens is 519 g/mol. The van der Waals surface area contributed by atoms with E-state index in [0.29, 0.717) is 24.2 Å². The van der Waals surface area contributed by atoms with E-state index in [9.17, 15) is 22.4 Å². The molecule has 2 amide bonds. The molecule has 1 fully saturated rings. The van der Waals surface area contributed by atoms with Crippen molar-refractivity contribution in [3.05, 3.63) is 95.8 Å². The van der Waals surface area contributed by atoms with Gasteiger partial charge in [0.1, 0.15) is 11.4 Å². The number of hydrogen-bond donors (Lipinski definition) is 2. The third kappa shape index (κ3) is 5.35. The maximum atomic E-state index is 13.9. The van der Waals surface area contributed by atoms with Crippen LogP contribution in [-0.4, -0.2) is 44.7 Å². The number of para-hydroxylation sites is 1. The highest BCUT2D eigenvalue weighted by molar-refractivity contribution is 7.89. The summed E-state index contributed by atoms with van der Waals surface area (Å²) in [5.41, 5.74) is 1.22. The zero-order chi connectivity index (χ0) is 27.6. The van der Waals surface area contributed by atoms with Crippen LogP contribution in [0.25, 0.3) is 0 Å². The van der Waals surface area contributed by atoms with Gasteiger partial charge < -0.3 is 10.2 Å². The lowest BCUT2D eigenvalue weighted by atomic mass is 9.82. The van der Waals surface area contributed by atoms with E-state index in [1.807, 2.05) is 54.6 Å². The Bertz CT molecular complexity index is 1520. The first kappa shape index (κ1) is 26.7. The second-order valence-electron chi connectivity index (χ2n) is 9.84. The number of likely N-dealkylation sites (N-methyl/N-ethyl adjacent to an activating group) is 1. The van der Waals surface area contributed by atoms with Crippen LogP contribution in [0.1, 0.15) is 43.2 Å². The predicted octanol–water partition coefficient (Wildman–Crippen LogP) is 3.76. The van der Waals surface area contributed by atoms with Crippen molar-refractivity contribution in [1.29, 1.82) is 0 Å². The SMILES string of the molecule is CN1C(=O)C(NC(=O)C2(NS(=O)(=O)c3ccc(F)cc3)CCCCC2)N=C(c2ccccc2)c2ccccc21. The van der Waals surface area contributed by atoms with Gasteiger partial charge in [0.25, 0.3) is 5.91 Å². The molecule has 5 rings (SSSR count). The fourth-order valence-electron chi connectivity index (χ4n) is 5.17. The summed E-state index contributed by atoms with van der Waals surface area (Å²) in [6.45, 7) is 0. The highest BCUT2D eigenvalue weighted by Gasteiger charge is 2.45. The Morgan fingerprint density at radius 1 is 0.949 bits per heavy atom. The zero-order valence-corrected chi connectivity index (χ0v) is 22.2. The minimum absolute atomic E-state index is 0.147. The number of aliphatic imine (C=N–C) groups is 1. The van der Waals surface area contributed by atoms with E-state index >= 15 is 0 Å². The first-order valence-corrected chi connectivity index (χ1v) is 14.3. The number of fused-ring (bicyclic) bond motifs is 1. The lowest BCUT2D eigenvalue weighted by Crippen LogP contribution is -2.62. The van der Waals surface area contributed by atoms with E-state index in [-0.39, 0.29) is 17.7 Å². The number of nitrogens with one attached hydrogen (secondary N) is 2. The van der Waals surface area contributed by atoms with E-state index in [1.54, 1.807) is 7.05 Å². The van der Waals surface area contributed by atoms with Crippen LogP contribution in [0.15, 0.2) is 88.8 Å². The first-order valence-electron chi connectivity index (χ1n) is 12.8. The molecule has 0 spiro atoms. The molecule has 10 heteroatoms. The van der Waals surface area contributed by atoms with Gasteiger partial charge >= 0.3 is 0 Å². The van der Waals surface area contributed by atoms with Crippen LogP contribution < -0.4 is 14.9 Å². The standard InChI is InChI=1S/C29H29FN4O4S/c1-34-24-13-7-6-12-23(24)25(20-10-4-2-5-11-20)31-26(27(34)35)32-28(36)29(18-8-3-9-19-29)33-39(37,38)22-16-14-21(30)15-17-22/h2,4-7,10-17,26,33H,3,8-9,18-19H2,1H3,(H,32,36). The topological polar surface area (TPSA) is 108 Å². The number of rotatable bonds is 6. The van der Waals surface area contributed by atoms with Gasteiger partial charge in [-0.15, -0.1) is 0 Å². The number of carbonyl (C=O) groups is 2. The Morgan fingerprint density at radius 2 is 1.59 bits per heavy atom. The molecule has 8 nitrogen and oxygen atoms in total. The van der Waals surface area contributed by atoms with Gasteiger partial charge in [0.05, 0.1) is 16.3 Å². The lowest BCUT2D eigenvalue weighted by molar-refractivity contribution is -0.132. The number of anilines is 1. The largest absolute Gasteiger partial charge is 0.325 e. The molecule has 0 aromatic heterocycles. The molecule has 3 aromatic rings. The summed E-state index contributed by atoms with van der Waals surface area (Å²) in [4.78, 5) is 33.5. The number of benzene rings is 3. The van der Waals surface area contributed by atoms with E-state index in [2.05, 4.69) is 10.0 Å². The summed E-state index contributed by atoms with van der Waals surface area (Å²) in [6, 6.07) is 21.2. The Balaban J connectivity index is 1.51. The maximum Gasteiger partial charge on any atom is 0.272 e. The molecule has 3 aromatic carbocycles. The Morgan fingerprint density at radius 3 is 2.28 bits per heavy atom. The summed E-state index contributed by atoms with van der Waals surface area (Å²) >= 11 is 0. The minimum atomic E-state index is -4.16. The number of sulfonamides is 1. The van der Waals surface area contributed by atoms with Gasteiger partial charge in [-0.2, -0.15) is 4.72 Å². The molecule has 0 saturated heterocycles. The smallest absolute Gasteiger partial charge is 0.272 e. The van der Waals surface area contributed by atoms with Gasteiger partial charge in [-0.3, -0.25) is 9.59 Å². The van der Waals surface area contributed by atoms with Crippen molar-refractivity contribution in [3.8, 4) is 0 Å². The van der Waals surface area contributed by atoms with Crippen molar-refractivity contribution in [2.24, 2.45) is 4.99 Å². The van der Waals surface area contributed by atoms with Gasteiger partial charge in [-0.1, -0.05) is 67.8 Å². The average molecular weight is 549 g/mol. The number of carbonyl (C=O) groups excluding carboxylic acids is 2. The number of benzodiazepines with no additional fused rings is 1. The number of nitrogens with zero attached hydrogens (tertiary/aromatic N) is 2. The fourth-order valence-corrected chi connectivity index (χ4v) is 6.59.